The van der Waals surface area contributed by atoms with Crippen LogP contribution < -0.4 is 5.32 Å². The van der Waals surface area contributed by atoms with Gasteiger partial charge in [0.05, 0.1) is 0 Å². The van der Waals surface area contributed by atoms with Gasteiger partial charge in [0.25, 0.3) is 0 Å². The molecule has 0 spiro atoms. The summed E-state index contributed by atoms with van der Waals surface area (Å²) in [5, 5.41) is 11.8. The van der Waals surface area contributed by atoms with Gasteiger partial charge in [0.1, 0.15) is 6.10 Å². The lowest BCUT2D eigenvalue weighted by Gasteiger charge is -2.22. The van der Waals surface area contributed by atoms with Gasteiger partial charge in [-0.05, 0) is 38.5 Å². The fourth-order valence-electron chi connectivity index (χ4n) is 2.90. The lowest BCUT2D eigenvalue weighted by Crippen LogP contribution is -2.43. The van der Waals surface area contributed by atoms with Gasteiger partial charge in [-0.2, -0.15) is 0 Å². The quantitative estimate of drug-likeness (QED) is 0.794. The van der Waals surface area contributed by atoms with Crippen LogP contribution in [0.1, 0.15) is 45.4 Å². The second-order valence-corrected chi connectivity index (χ2v) is 5.37. The number of hydrogen-bond donors (Lipinski definition) is 2. The molecule has 2 N–H and O–H groups in total. The Morgan fingerprint density at radius 1 is 1.17 bits per heavy atom. The van der Waals surface area contributed by atoms with E-state index in [0.29, 0.717) is 18.8 Å². The van der Waals surface area contributed by atoms with Gasteiger partial charge in [0.15, 0.2) is 6.10 Å². The van der Waals surface area contributed by atoms with Gasteiger partial charge in [-0.15, -0.1) is 0 Å². The Morgan fingerprint density at radius 3 is 2.33 bits per heavy atom. The van der Waals surface area contributed by atoms with Crippen LogP contribution in [0.25, 0.3) is 0 Å². The Balaban J connectivity index is 1.79. The summed E-state index contributed by atoms with van der Waals surface area (Å²) in [6, 6.07) is 0.160. The van der Waals surface area contributed by atoms with Gasteiger partial charge < -0.3 is 15.2 Å². The molecule has 0 aromatic heterocycles. The first kappa shape index (κ1) is 13.3. The molecular formula is C13H21NO4. The van der Waals surface area contributed by atoms with Crippen molar-refractivity contribution in [1.29, 1.82) is 0 Å². The topological polar surface area (TPSA) is 75.6 Å². The SMILES string of the molecule is CC(NC(=O)C1CCC(C(=O)O)O1)C1CCCC1. The molecule has 1 amide bonds. The van der Waals surface area contributed by atoms with Gasteiger partial charge in [-0.1, -0.05) is 12.8 Å². The molecule has 0 aromatic carbocycles. The Morgan fingerprint density at radius 2 is 1.78 bits per heavy atom. The fourth-order valence-corrected chi connectivity index (χ4v) is 2.90. The highest BCUT2D eigenvalue weighted by molar-refractivity contribution is 5.82. The number of amides is 1. The molecule has 5 heteroatoms. The monoisotopic (exact) mass is 255 g/mol. The summed E-state index contributed by atoms with van der Waals surface area (Å²) in [5.41, 5.74) is 0. The minimum Gasteiger partial charge on any atom is -0.479 e. The lowest BCUT2D eigenvalue weighted by molar-refractivity contribution is -0.152. The largest absolute Gasteiger partial charge is 0.479 e. The van der Waals surface area contributed by atoms with Crippen molar-refractivity contribution < 1.29 is 19.4 Å². The number of carbonyl (C=O) groups is 2. The van der Waals surface area contributed by atoms with E-state index >= 15 is 0 Å². The smallest absolute Gasteiger partial charge is 0.332 e. The summed E-state index contributed by atoms with van der Waals surface area (Å²) in [6.07, 6.45) is 4.34. The molecule has 5 nitrogen and oxygen atoms in total. The summed E-state index contributed by atoms with van der Waals surface area (Å²) in [6.45, 7) is 2.03. The standard InChI is InChI=1S/C13H21NO4/c1-8(9-4-2-3-5-9)14-12(15)10-6-7-11(18-10)13(16)17/h8-11H,2-7H2,1H3,(H,14,15)(H,16,17). The molecule has 0 aromatic rings. The number of rotatable bonds is 4. The number of carboxylic acids is 1. The zero-order valence-electron chi connectivity index (χ0n) is 10.7. The molecule has 1 saturated carbocycles. The maximum absolute atomic E-state index is 12.0. The van der Waals surface area contributed by atoms with Gasteiger partial charge in [0.2, 0.25) is 5.91 Å². The van der Waals surface area contributed by atoms with Crippen LogP contribution >= 0.6 is 0 Å². The molecule has 0 bridgehead atoms. The van der Waals surface area contributed by atoms with Crippen LogP contribution in [0.15, 0.2) is 0 Å². The second-order valence-electron chi connectivity index (χ2n) is 5.37. The Labute approximate surface area is 107 Å². The van der Waals surface area contributed by atoms with Gasteiger partial charge in [-0.3, -0.25) is 4.79 Å². The first-order valence-electron chi connectivity index (χ1n) is 6.76. The zero-order valence-corrected chi connectivity index (χ0v) is 10.7. The zero-order chi connectivity index (χ0) is 13.1. The van der Waals surface area contributed by atoms with Crippen LogP contribution in [0.5, 0.6) is 0 Å². The van der Waals surface area contributed by atoms with Crippen molar-refractivity contribution in [2.24, 2.45) is 5.92 Å². The maximum Gasteiger partial charge on any atom is 0.332 e. The minimum absolute atomic E-state index is 0.154. The van der Waals surface area contributed by atoms with Crippen molar-refractivity contribution >= 4 is 11.9 Å². The molecule has 2 rings (SSSR count). The van der Waals surface area contributed by atoms with E-state index in [1.165, 1.54) is 25.7 Å². The number of carbonyl (C=O) groups excluding carboxylic acids is 1. The molecule has 1 saturated heterocycles. The van der Waals surface area contributed by atoms with E-state index in [9.17, 15) is 9.59 Å². The van der Waals surface area contributed by atoms with Crippen LogP contribution in [0.4, 0.5) is 0 Å². The first-order valence-corrected chi connectivity index (χ1v) is 6.76. The summed E-state index contributed by atoms with van der Waals surface area (Å²) in [7, 11) is 0. The molecule has 2 aliphatic rings. The third kappa shape index (κ3) is 3.02. The molecule has 3 atom stereocenters. The third-order valence-electron chi connectivity index (χ3n) is 4.06. The molecule has 1 aliphatic carbocycles. The number of nitrogens with one attached hydrogen (secondary N) is 1. The Bertz CT molecular complexity index is 325. The van der Waals surface area contributed by atoms with Crippen molar-refractivity contribution in [2.45, 2.75) is 63.7 Å². The molecule has 18 heavy (non-hydrogen) atoms. The van der Waals surface area contributed by atoms with Crippen LogP contribution in [0.2, 0.25) is 0 Å². The Hall–Kier alpha value is -1.10. The van der Waals surface area contributed by atoms with E-state index in [-0.39, 0.29) is 11.9 Å². The first-order chi connectivity index (χ1) is 8.58. The van der Waals surface area contributed by atoms with E-state index in [4.69, 9.17) is 9.84 Å². The van der Waals surface area contributed by atoms with E-state index in [0.717, 1.165) is 0 Å². The average molecular weight is 255 g/mol. The van der Waals surface area contributed by atoms with E-state index in [1.807, 2.05) is 6.92 Å². The highest BCUT2D eigenvalue weighted by Crippen LogP contribution is 2.28. The second kappa shape index (κ2) is 5.69. The van der Waals surface area contributed by atoms with E-state index in [2.05, 4.69) is 5.32 Å². The van der Waals surface area contributed by atoms with E-state index in [1.54, 1.807) is 0 Å². The van der Waals surface area contributed by atoms with Gasteiger partial charge in [0, 0.05) is 6.04 Å². The molecule has 2 fully saturated rings. The maximum atomic E-state index is 12.0. The highest BCUT2D eigenvalue weighted by Gasteiger charge is 2.35. The molecule has 0 radical (unpaired) electrons. The summed E-state index contributed by atoms with van der Waals surface area (Å²) in [4.78, 5) is 22.7. The van der Waals surface area contributed by atoms with Gasteiger partial charge in [-0.25, -0.2) is 4.79 Å². The van der Waals surface area contributed by atoms with Crippen LogP contribution in [0, 0.1) is 5.92 Å². The van der Waals surface area contributed by atoms with Crippen molar-refractivity contribution in [2.75, 3.05) is 0 Å². The van der Waals surface area contributed by atoms with Crippen molar-refractivity contribution in [3.63, 3.8) is 0 Å². The third-order valence-corrected chi connectivity index (χ3v) is 4.06. The highest BCUT2D eigenvalue weighted by atomic mass is 16.5. The molecule has 3 unspecified atom stereocenters. The number of ether oxygens (including phenoxy) is 1. The van der Waals surface area contributed by atoms with Crippen molar-refractivity contribution in [1.82, 2.24) is 5.32 Å². The summed E-state index contributed by atoms with van der Waals surface area (Å²) in [5.74, 6) is -0.571. The van der Waals surface area contributed by atoms with Crippen molar-refractivity contribution in [3.05, 3.63) is 0 Å². The summed E-state index contributed by atoms with van der Waals surface area (Å²) < 4.78 is 5.24. The van der Waals surface area contributed by atoms with Crippen LogP contribution in [0.3, 0.4) is 0 Å². The number of hydrogen-bond acceptors (Lipinski definition) is 3. The minimum atomic E-state index is -0.978. The molecule has 102 valence electrons. The normalized spacial score (nSPS) is 30.3. The molecule has 1 heterocycles. The lowest BCUT2D eigenvalue weighted by atomic mass is 9.99. The Kier molecular flexibility index (Phi) is 4.22. The predicted octanol–water partition coefficient (Wildman–Crippen LogP) is 1.31. The predicted molar refractivity (Wildman–Crippen MR) is 65.1 cm³/mol. The van der Waals surface area contributed by atoms with Crippen LogP contribution in [-0.2, 0) is 14.3 Å². The average Bonchev–Trinajstić information content (AvgIpc) is 3.00. The number of aliphatic carboxylic acids is 1. The van der Waals surface area contributed by atoms with Gasteiger partial charge >= 0.3 is 5.97 Å². The summed E-state index contributed by atoms with van der Waals surface area (Å²) >= 11 is 0. The van der Waals surface area contributed by atoms with Crippen LogP contribution in [-0.4, -0.2) is 35.2 Å². The van der Waals surface area contributed by atoms with E-state index < -0.39 is 18.2 Å². The molecular weight excluding hydrogens is 234 g/mol. The molecule has 1 aliphatic heterocycles. The number of carboxylic acid groups (broad SMARTS) is 1. The fraction of sp³-hybridized carbons (Fsp3) is 0.846. The van der Waals surface area contributed by atoms with Crippen molar-refractivity contribution in [3.8, 4) is 0 Å².